The van der Waals surface area contributed by atoms with E-state index < -0.39 is 0 Å². The molecule has 0 amide bonds. The molecule has 1 N–H and O–H groups in total. The summed E-state index contributed by atoms with van der Waals surface area (Å²) in [6, 6.07) is 29.3. The van der Waals surface area contributed by atoms with E-state index in [-0.39, 0.29) is 0 Å². The van der Waals surface area contributed by atoms with Gasteiger partial charge in [0.2, 0.25) is 5.95 Å². The summed E-state index contributed by atoms with van der Waals surface area (Å²) in [5, 5.41) is 3.34. The first-order chi connectivity index (χ1) is 13.8. The molecule has 0 fully saturated rings. The first-order valence-electron chi connectivity index (χ1n) is 9.00. The van der Waals surface area contributed by atoms with E-state index >= 15 is 0 Å². The van der Waals surface area contributed by atoms with E-state index in [0.717, 1.165) is 22.9 Å². The summed E-state index contributed by atoms with van der Waals surface area (Å²) in [5.74, 6) is 2.81. The van der Waals surface area contributed by atoms with E-state index in [2.05, 4.69) is 15.3 Å². The molecule has 5 nitrogen and oxygen atoms in total. The smallest absolute Gasteiger partial charge is 0.231 e. The van der Waals surface area contributed by atoms with Crippen molar-refractivity contribution in [1.29, 1.82) is 0 Å². The third-order valence-corrected chi connectivity index (χ3v) is 4.21. The van der Waals surface area contributed by atoms with Crippen molar-refractivity contribution >= 4 is 23.1 Å². The van der Waals surface area contributed by atoms with Crippen molar-refractivity contribution in [3.05, 3.63) is 97.2 Å². The molecule has 1 aromatic heterocycles. The lowest BCUT2D eigenvalue weighted by molar-refractivity contribution is 0.485. The largest absolute Gasteiger partial charge is 0.455 e. The summed E-state index contributed by atoms with van der Waals surface area (Å²) in [7, 11) is 1.95. The zero-order valence-electron chi connectivity index (χ0n) is 15.5. The van der Waals surface area contributed by atoms with Crippen LogP contribution in [-0.4, -0.2) is 17.0 Å². The van der Waals surface area contributed by atoms with Gasteiger partial charge in [0.15, 0.2) is 5.75 Å². The lowest BCUT2D eigenvalue weighted by Crippen LogP contribution is -2.13. The number of hydrogen-bond acceptors (Lipinski definition) is 5. The minimum absolute atomic E-state index is 0.609. The molecule has 0 radical (unpaired) electrons. The number of benzene rings is 3. The summed E-state index contributed by atoms with van der Waals surface area (Å²) >= 11 is 0. The quantitative estimate of drug-likeness (QED) is 0.467. The summed E-state index contributed by atoms with van der Waals surface area (Å²) < 4.78 is 6.01. The highest BCUT2D eigenvalue weighted by Crippen LogP contribution is 2.31. The van der Waals surface area contributed by atoms with Crippen LogP contribution in [0.1, 0.15) is 0 Å². The second-order valence-corrected chi connectivity index (χ2v) is 6.17. The lowest BCUT2D eigenvalue weighted by Gasteiger charge is -2.18. The predicted molar refractivity (Wildman–Crippen MR) is 113 cm³/mol. The number of para-hydroxylation sites is 4. The highest BCUT2D eigenvalue weighted by atomic mass is 16.5. The molecular formula is C23H20N4O. The zero-order valence-corrected chi connectivity index (χ0v) is 15.5. The number of hydrogen-bond donors (Lipinski definition) is 1. The van der Waals surface area contributed by atoms with Gasteiger partial charge in [0.25, 0.3) is 0 Å². The van der Waals surface area contributed by atoms with E-state index in [4.69, 9.17) is 4.74 Å². The van der Waals surface area contributed by atoms with Gasteiger partial charge in [0.05, 0.1) is 5.69 Å². The van der Waals surface area contributed by atoms with Crippen molar-refractivity contribution in [3.8, 4) is 11.5 Å². The standard InChI is InChI=1S/C23H20N4O/c1-27(18-10-4-2-5-11-18)23-24-17-16-22(26-23)25-20-14-8-9-15-21(20)28-19-12-6-3-7-13-19/h2-17H,1H3,(H,24,25,26). The fourth-order valence-electron chi connectivity index (χ4n) is 2.76. The van der Waals surface area contributed by atoms with Gasteiger partial charge in [-0.2, -0.15) is 4.98 Å². The van der Waals surface area contributed by atoms with Crippen LogP contribution >= 0.6 is 0 Å². The normalized spacial score (nSPS) is 10.3. The van der Waals surface area contributed by atoms with Gasteiger partial charge < -0.3 is 15.0 Å². The minimum Gasteiger partial charge on any atom is -0.455 e. The third-order valence-electron chi connectivity index (χ3n) is 4.21. The molecule has 0 saturated heterocycles. The Bertz CT molecular complexity index is 1040. The van der Waals surface area contributed by atoms with Crippen LogP contribution in [0.4, 0.5) is 23.1 Å². The molecule has 28 heavy (non-hydrogen) atoms. The fourth-order valence-corrected chi connectivity index (χ4v) is 2.76. The average molecular weight is 368 g/mol. The number of nitrogens with zero attached hydrogens (tertiary/aromatic N) is 3. The first kappa shape index (κ1) is 17.5. The molecule has 0 aliphatic carbocycles. The Hall–Kier alpha value is -3.86. The zero-order chi connectivity index (χ0) is 19.2. The highest BCUT2D eigenvalue weighted by Gasteiger charge is 2.09. The van der Waals surface area contributed by atoms with Crippen molar-refractivity contribution in [3.63, 3.8) is 0 Å². The van der Waals surface area contributed by atoms with E-state index in [0.29, 0.717) is 11.8 Å². The Balaban J connectivity index is 1.57. The van der Waals surface area contributed by atoms with Crippen molar-refractivity contribution in [2.24, 2.45) is 0 Å². The van der Waals surface area contributed by atoms with Crippen molar-refractivity contribution in [2.45, 2.75) is 0 Å². The lowest BCUT2D eigenvalue weighted by atomic mass is 10.3. The molecule has 0 unspecified atom stereocenters. The molecule has 0 atom stereocenters. The summed E-state index contributed by atoms with van der Waals surface area (Å²) in [6.07, 6.45) is 1.74. The van der Waals surface area contributed by atoms with Gasteiger partial charge in [-0.3, -0.25) is 0 Å². The average Bonchev–Trinajstić information content (AvgIpc) is 2.76. The number of ether oxygens (including phenoxy) is 1. The Morgan fingerprint density at radius 3 is 2.25 bits per heavy atom. The van der Waals surface area contributed by atoms with Gasteiger partial charge in [-0.1, -0.05) is 48.5 Å². The van der Waals surface area contributed by atoms with Gasteiger partial charge in [0, 0.05) is 18.9 Å². The van der Waals surface area contributed by atoms with Crippen molar-refractivity contribution in [1.82, 2.24) is 9.97 Å². The number of anilines is 4. The Kier molecular flexibility index (Phi) is 5.15. The maximum Gasteiger partial charge on any atom is 0.231 e. The number of aromatic nitrogens is 2. The Morgan fingerprint density at radius 2 is 1.46 bits per heavy atom. The number of rotatable bonds is 6. The maximum absolute atomic E-state index is 6.01. The molecule has 4 rings (SSSR count). The van der Waals surface area contributed by atoms with Gasteiger partial charge in [-0.15, -0.1) is 0 Å². The van der Waals surface area contributed by atoms with Gasteiger partial charge in [0.1, 0.15) is 11.6 Å². The van der Waals surface area contributed by atoms with Crippen molar-refractivity contribution in [2.75, 3.05) is 17.3 Å². The molecule has 0 bridgehead atoms. The van der Waals surface area contributed by atoms with Crippen LogP contribution in [0.15, 0.2) is 97.2 Å². The van der Waals surface area contributed by atoms with Crippen LogP contribution in [0.25, 0.3) is 0 Å². The first-order valence-corrected chi connectivity index (χ1v) is 9.00. The monoisotopic (exact) mass is 368 g/mol. The third kappa shape index (κ3) is 4.10. The van der Waals surface area contributed by atoms with Crippen LogP contribution in [0, 0.1) is 0 Å². The predicted octanol–water partition coefficient (Wildman–Crippen LogP) is 5.78. The van der Waals surface area contributed by atoms with E-state index in [1.165, 1.54) is 0 Å². The Morgan fingerprint density at radius 1 is 0.786 bits per heavy atom. The van der Waals surface area contributed by atoms with Crippen LogP contribution in [0.5, 0.6) is 11.5 Å². The minimum atomic E-state index is 0.609. The van der Waals surface area contributed by atoms with Gasteiger partial charge in [-0.05, 0) is 42.5 Å². The van der Waals surface area contributed by atoms with Crippen molar-refractivity contribution < 1.29 is 4.74 Å². The SMILES string of the molecule is CN(c1ccccc1)c1nccc(Nc2ccccc2Oc2ccccc2)n1. The van der Waals surface area contributed by atoms with Crippen LogP contribution in [0.3, 0.4) is 0 Å². The van der Waals surface area contributed by atoms with E-state index in [1.807, 2.05) is 103 Å². The topological polar surface area (TPSA) is 50.3 Å². The molecule has 5 heteroatoms. The molecule has 138 valence electrons. The molecule has 1 heterocycles. The van der Waals surface area contributed by atoms with Gasteiger partial charge in [-0.25, -0.2) is 4.98 Å². The highest BCUT2D eigenvalue weighted by molar-refractivity contribution is 5.66. The Labute approximate surface area is 164 Å². The summed E-state index contributed by atoms with van der Waals surface area (Å²) in [6.45, 7) is 0. The molecule has 0 aliphatic rings. The van der Waals surface area contributed by atoms with Gasteiger partial charge >= 0.3 is 0 Å². The maximum atomic E-state index is 6.01. The number of nitrogens with one attached hydrogen (secondary N) is 1. The second kappa shape index (κ2) is 8.22. The fraction of sp³-hybridized carbons (Fsp3) is 0.0435. The van der Waals surface area contributed by atoms with E-state index in [9.17, 15) is 0 Å². The molecule has 4 aromatic rings. The second-order valence-electron chi connectivity index (χ2n) is 6.17. The van der Waals surface area contributed by atoms with Crippen LogP contribution in [-0.2, 0) is 0 Å². The molecule has 0 spiro atoms. The molecule has 0 aliphatic heterocycles. The molecule has 3 aromatic carbocycles. The van der Waals surface area contributed by atoms with Crippen LogP contribution < -0.4 is 15.0 Å². The van der Waals surface area contributed by atoms with E-state index in [1.54, 1.807) is 6.20 Å². The molecule has 0 saturated carbocycles. The van der Waals surface area contributed by atoms with Crippen LogP contribution in [0.2, 0.25) is 0 Å². The summed E-state index contributed by atoms with van der Waals surface area (Å²) in [4.78, 5) is 11.0. The molecular weight excluding hydrogens is 348 g/mol. The summed E-state index contributed by atoms with van der Waals surface area (Å²) in [5.41, 5.74) is 1.85.